The fraction of sp³-hybridized carbons (Fsp3) is 0.211. The molecule has 1 aromatic heterocycles. The average Bonchev–Trinajstić information content (AvgIpc) is 3.16. The van der Waals surface area contributed by atoms with E-state index in [1.54, 1.807) is 23.1 Å². The Hall–Kier alpha value is -3.15. The van der Waals surface area contributed by atoms with Crippen LogP contribution in [0.4, 0.5) is 0 Å². The zero-order valence-corrected chi connectivity index (χ0v) is 14.0. The summed E-state index contributed by atoms with van der Waals surface area (Å²) in [4.78, 5) is 16.1. The van der Waals surface area contributed by atoms with E-state index in [0.29, 0.717) is 12.8 Å². The fourth-order valence-corrected chi connectivity index (χ4v) is 2.62. The third-order valence-corrected chi connectivity index (χ3v) is 4.07. The van der Waals surface area contributed by atoms with Crippen molar-refractivity contribution >= 4 is 5.91 Å². The second-order valence-corrected chi connectivity index (χ2v) is 5.85. The maximum atomic E-state index is 12.1. The highest BCUT2D eigenvalue weighted by atomic mass is 16.3. The predicted molar refractivity (Wildman–Crippen MR) is 94.3 cm³/mol. The molecule has 25 heavy (non-hydrogen) atoms. The Morgan fingerprint density at radius 1 is 1.20 bits per heavy atom. The zero-order chi connectivity index (χ0) is 17.6. The molecule has 0 spiro atoms. The molecule has 0 radical (unpaired) electrons. The van der Waals surface area contributed by atoms with Gasteiger partial charge in [0.25, 0.3) is 0 Å². The van der Waals surface area contributed by atoms with Crippen molar-refractivity contribution in [1.29, 1.82) is 0 Å². The van der Waals surface area contributed by atoms with Gasteiger partial charge in [0.2, 0.25) is 5.91 Å². The largest absolute Gasteiger partial charge is 0.508 e. The number of phenols is 1. The average molecular weight is 336 g/mol. The third kappa shape index (κ3) is 4.23. The number of nitrogens with zero attached hydrogens (tertiary/aromatic N) is 3. The Balaban J connectivity index is 1.55. The van der Waals surface area contributed by atoms with Crippen molar-refractivity contribution in [1.82, 2.24) is 20.1 Å². The molecule has 1 heterocycles. The molecule has 0 saturated heterocycles. The summed E-state index contributed by atoms with van der Waals surface area (Å²) in [5, 5.41) is 16.8. The standard InChI is InChI=1S/C19H20N4O2/c1-14(15-6-9-17(10-7-15)23-13-20-12-21-23)22-19(25)11-8-16-4-2-3-5-18(16)24/h2-7,9-10,12-14,24H,8,11H2,1H3,(H,22,25)/t14-/m0/s1. The number of phenolic OH excluding ortho intramolecular Hbond substituents is 1. The second kappa shape index (κ2) is 7.61. The molecule has 0 bridgehead atoms. The molecular weight excluding hydrogens is 316 g/mol. The quantitative estimate of drug-likeness (QED) is 0.725. The number of nitrogens with one attached hydrogen (secondary N) is 1. The Kier molecular flexibility index (Phi) is 5.09. The topological polar surface area (TPSA) is 80.0 Å². The Morgan fingerprint density at radius 3 is 2.64 bits per heavy atom. The molecule has 2 aromatic carbocycles. The van der Waals surface area contributed by atoms with Crippen LogP contribution in [0.5, 0.6) is 5.75 Å². The minimum atomic E-state index is -0.0957. The van der Waals surface area contributed by atoms with Crippen LogP contribution in [0.25, 0.3) is 5.69 Å². The van der Waals surface area contributed by atoms with Crippen LogP contribution >= 0.6 is 0 Å². The number of hydrogen-bond acceptors (Lipinski definition) is 4. The summed E-state index contributed by atoms with van der Waals surface area (Å²) >= 11 is 0. The van der Waals surface area contributed by atoms with Gasteiger partial charge in [-0.05, 0) is 42.7 Å². The molecule has 0 aliphatic heterocycles. The number of benzene rings is 2. The molecule has 6 nitrogen and oxygen atoms in total. The number of carbonyl (C=O) groups is 1. The molecule has 0 unspecified atom stereocenters. The van der Waals surface area contributed by atoms with E-state index in [2.05, 4.69) is 15.4 Å². The lowest BCUT2D eigenvalue weighted by atomic mass is 10.1. The summed E-state index contributed by atoms with van der Waals surface area (Å²) in [7, 11) is 0. The number of amides is 1. The zero-order valence-electron chi connectivity index (χ0n) is 14.0. The van der Waals surface area contributed by atoms with E-state index in [1.807, 2.05) is 43.3 Å². The number of rotatable bonds is 6. The molecule has 0 aliphatic rings. The Bertz CT molecular complexity index is 829. The second-order valence-electron chi connectivity index (χ2n) is 5.85. The Labute approximate surface area is 146 Å². The smallest absolute Gasteiger partial charge is 0.220 e. The summed E-state index contributed by atoms with van der Waals surface area (Å²) < 4.78 is 1.68. The van der Waals surface area contributed by atoms with Gasteiger partial charge in [0.15, 0.2) is 0 Å². The van der Waals surface area contributed by atoms with Gasteiger partial charge in [0.1, 0.15) is 18.4 Å². The molecule has 128 valence electrons. The van der Waals surface area contributed by atoms with E-state index in [9.17, 15) is 9.90 Å². The number of aromatic hydroxyl groups is 1. The van der Waals surface area contributed by atoms with Crippen LogP contribution in [0.15, 0.2) is 61.2 Å². The molecule has 1 amide bonds. The van der Waals surface area contributed by atoms with E-state index >= 15 is 0 Å². The van der Waals surface area contributed by atoms with E-state index < -0.39 is 0 Å². The van der Waals surface area contributed by atoms with E-state index in [0.717, 1.165) is 16.8 Å². The normalized spacial score (nSPS) is 11.9. The van der Waals surface area contributed by atoms with Crippen LogP contribution in [0, 0.1) is 0 Å². The number of para-hydroxylation sites is 1. The highest BCUT2D eigenvalue weighted by Crippen LogP contribution is 2.18. The van der Waals surface area contributed by atoms with Gasteiger partial charge in [-0.15, -0.1) is 0 Å². The van der Waals surface area contributed by atoms with Gasteiger partial charge in [-0.2, -0.15) is 5.10 Å². The van der Waals surface area contributed by atoms with Crippen molar-refractivity contribution in [3.05, 3.63) is 72.3 Å². The van der Waals surface area contributed by atoms with Crippen LogP contribution in [0.2, 0.25) is 0 Å². The van der Waals surface area contributed by atoms with Gasteiger partial charge in [0.05, 0.1) is 11.7 Å². The molecule has 3 rings (SSSR count). The van der Waals surface area contributed by atoms with Crippen LogP contribution in [-0.4, -0.2) is 25.8 Å². The number of carbonyl (C=O) groups excluding carboxylic acids is 1. The van der Waals surface area contributed by atoms with Crippen LogP contribution in [0.1, 0.15) is 30.5 Å². The molecule has 6 heteroatoms. The van der Waals surface area contributed by atoms with E-state index in [4.69, 9.17) is 0 Å². The maximum absolute atomic E-state index is 12.1. The van der Waals surface area contributed by atoms with Crippen molar-refractivity contribution in [3.63, 3.8) is 0 Å². The molecular formula is C19H20N4O2. The molecule has 1 atom stereocenters. The third-order valence-electron chi connectivity index (χ3n) is 4.07. The summed E-state index contributed by atoms with van der Waals surface area (Å²) in [6.45, 7) is 1.95. The molecule has 0 saturated carbocycles. The van der Waals surface area contributed by atoms with Gasteiger partial charge >= 0.3 is 0 Å². The van der Waals surface area contributed by atoms with Crippen molar-refractivity contribution < 1.29 is 9.90 Å². The summed E-state index contributed by atoms with van der Waals surface area (Å²) in [5.41, 5.74) is 2.71. The minimum Gasteiger partial charge on any atom is -0.508 e. The summed E-state index contributed by atoms with van der Waals surface area (Å²) in [5.74, 6) is 0.183. The lowest BCUT2D eigenvalue weighted by Gasteiger charge is -2.15. The first-order chi connectivity index (χ1) is 12.1. The van der Waals surface area contributed by atoms with E-state index in [1.165, 1.54) is 6.33 Å². The van der Waals surface area contributed by atoms with Crippen LogP contribution < -0.4 is 5.32 Å². The van der Waals surface area contributed by atoms with Crippen molar-refractivity contribution in [2.24, 2.45) is 0 Å². The molecule has 2 N–H and O–H groups in total. The van der Waals surface area contributed by atoms with Gasteiger partial charge < -0.3 is 10.4 Å². The predicted octanol–water partition coefficient (Wildman–Crippen LogP) is 2.78. The van der Waals surface area contributed by atoms with Gasteiger partial charge in [-0.25, -0.2) is 9.67 Å². The highest BCUT2D eigenvalue weighted by Gasteiger charge is 2.11. The van der Waals surface area contributed by atoms with Crippen molar-refractivity contribution in [2.45, 2.75) is 25.8 Å². The minimum absolute atomic E-state index is 0.0453. The molecule has 0 fully saturated rings. The molecule has 3 aromatic rings. The van der Waals surface area contributed by atoms with Gasteiger partial charge in [-0.1, -0.05) is 30.3 Å². The summed E-state index contributed by atoms with van der Waals surface area (Å²) in [6.07, 6.45) is 3.97. The lowest BCUT2D eigenvalue weighted by Crippen LogP contribution is -2.26. The first-order valence-corrected chi connectivity index (χ1v) is 8.14. The lowest BCUT2D eigenvalue weighted by molar-refractivity contribution is -0.121. The Morgan fingerprint density at radius 2 is 1.96 bits per heavy atom. The van der Waals surface area contributed by atoms with Crippen LogP contribution in [-0.2, 0) is 11.2 Å². The van der Waals surface area contributed by atoms with Crippen LogP contribution in [0.3, 0.4) is 0 Å². The van der Waals surface area contributed by atoms with Crippen molar-refractivity contribution in [3.8, 4) is 11.4 Å². The molecule has 0 aliphatic carbocycles. The van der Waals surface area contributed by atoms with E-state index in [-0.39, 0.29) is 17.7 Å². The fourth-order valence-electron chi connectivity index (χ4n) is 2.62. The number of hydrogen-bond donors (Lipinski definition) is 2. The van der Waals surface area contributed by atoms with Gasteiger partial charge in [0, 0.05) is 6.42 Å². The first-order valence-electron chi connectivity index (χ1n) is 8.14. The number of aromatic nitrogens is 3. The maximum Gasteiger partial charge on any atom is 0.220 e. The number of aryl methyl sites for hydroxylation is 1. The highest BCUT2D eigenvalue weighted by molar-refractivity contribution is 5.76. The SMILES string of the molecule is C[C@H](NC(=O)CCc1ccccc1O)c1ccc(-n2cncn2)cc1. The monoisotopic (exact) mass is 336 g/mol. The first kappa shape index (κ1) is 16.7. The summed E-state index contributed by atoms with van der Waals surface area (Å²) in [6, 6.07) is 14.8. The van der Waals surface area contributed by atoms with Gasteiger partial charge in [-0.3, -0.25) is 4.79 Å². The van der Waals surface area contributed by atoms with Crippen molar-refractivity contribution in [2.75, 3.05) is 0 Å².